The van der Waals surface area contributed by atoms with E-state index < -0.39 is 5.82 Å². The predicted octanol–water partition coefficient (Wildman–Crippen LogP) is 3.25. The lowest BCUT2D eigenvalue weighted by atomic mass is 10.1. The first kappa shape index (κ1) is 15.1. The Morgan fingerprint density at radius 3 is 2.91 bits per heavy atom. The van der Waals surface area contributed by atoms with E-state index in [2.05, 4.69) is 5.32 Å². The van der Waals surface area contributed by atoms with Crippen molar-refractivity contribution in [2.45, 2.75) is 6.92 Å². The Labute approximate surface area is 133 Å². The maximum absolute atomic E-state index is 13.7. The van der Waals surface area contributed by atoms with E-state index in [4.69, 9.17) is 14.2 Å². The Morgan fingerprint density at radius 2 is 2.09 bits per heavy atom. The Kier molecular flexibility index (Phi) is 4.32. The highest BCUT2D eigenvalue weighted by Crippen LogP contribution is 2.35. The lowest BCUT2D eigenvalue weighted by molar-refractivity contribution is 0.101. The number of nitrogens with one attached hydrogen (secondary N) is 1. The summed E-state index contributed by atoms with van der Waals surface area (Å²) < 4.78 is 29.8. The number of halogens is 1. The van der Waals surface area contributed by atoms with Crippen molar-refractivity contribution in [1.29, 1.82) is 0 Å². The SMILES string of the molecule is CC(=O)c1c(F)cccc1NCCOc1ccc2c(c1)OCO2. The first-order valence-corrected chi connectivity index (χ1v) is 7.21. The van der Waals surface area contributed by atoms with Crippen LogP contribution in [0.2, 0.25) is 0 Å². The fourth-order valence-electron chi connectivity index (χ4n) is 2.35. The first-order valence-electron chi connectivity index (χ1n) is 7.21. The van der Waals surface area contributed by atoms with Crippen molar-refractivity contribution in [3.8, 4) is 17.2 Å². The summed E-state index contributed by atoms with van der Waals surface area (Å²) in [5, 5.41) is 3.02. The Morgan fingerprint density at radius 1 is 1.26 bits per heavy atom. The van der Waals surface area contributed by atoms with Crippen LogP contribution in [-0.2, 0) is 0 Å². The molecule has 6 heteroatoms. The molecule has 5 nitrogen and oxygen atoms in total. The minimum Gasteiger partial charge on any atom is -0.492 e. The molecule has 0 spiro atoms. The van der Waals surface area contributed by atoms with Gasteiger partial charge < -0.3 is 19.5 Å². The van der Waals surface area contributed by atoms with Crippen LogP contribution in [0.4, 0.5) is 10.1 Å². The monoisotopic (exact) mass is 317 g/mol. The van der Waals surface area contributed by atoms with E-state index in [9.17, 15) is 9.18 Å². The summed E-state index contributed by atoms with van der Waals surface area (Å²) in [6, 6.07) is 9.82. The number of hydrogen-bond acceptors (Lipinski definition) is 5. The maximum Gasteiger partial charge on any atom is 0.231 e. The molecule has 2 aromatic rings. The molecule has 1 N–H and O–H groups in total. The zero-order valence-corrected chi connectivity index (χ0v) is 12.6. The molecule has 0 saturated carbocycles. The van der Waals surface area contributed by atoms with Crippen LogP contribution in [0, 0.1) is 5.82 Å². The van der Waals surface area contributed by atoms with Gasteiger partial charge in [-0.05, 0) is 31.2 Å². The van der Waals surface area contributed by atoms with Crippen molar-refractivity contribution in [1.82, 2.24) is 0 Å². The number of Topliss-reactive ketones (excluding diaryl/α,β-unsaturated/α-hetero) is 1. The molecule has 3 rings (SSSR count). The number of carbonyl (C=O) groups excluding carboxylic acids is 1. The second-order valence-electron chi connectivity index (χ2n) is 5.01. The highest BCUT2D eigenvalue weighted by atomic mass is 19.1. The third-order valence-corrected chi connectivity index (χ3v) is 3.40. The molecule has 0 aromatic heterocycles. The van der Waals surface area contributed by atoms with Gasteiger partial charge in [0.05, 0.1) is 5.56 Å². The Balaban J connectivity index is 1.56. The minimum absolute atomic E-state index is 0.0654. The van der Waals surface area contributed by atoms with Crippen LogP contribution in [0.5, 0.6) is 17.2 Å². The van der Waals surface area contributed by atoms with Crippen molar-refractivity contribution >= 4 is 11.5 Å². The van der Waals surface area contributed by atoms with Crippen molar-refractivity contribution < 1.29 is 23.4 Å². The Bertz CT molecular complexity index is 733. The van der Waals surface area contributed by atoms with Gasteiger partial charge in [0.15, 0.2) is 17.3 Å². The van der Waals surface area contributed by atoms with Gasteiger partial charge in [-0.3, -0.25) is 4.79 Å². The van der Waals surface area contributed by atoms with Crippen LogP contribution in [0.3, 0.4) is 0 Å². The number of carbonyl (C=O) groups is 1. The van der Waals surface area contributed by atoms with Crippen molar-refractivity contribution in [2.24, 2.45) is 0 Å². The summed E-state index contributed by atoms with van der Waals surface area (Å²) in [7, 11) is 0. The van der Waals surface area contributed by atoms with Crippen molar-refractivity contribution in [3.63, 3.8) is 0 Å². The average Bonchev–Trinajstić information content (AvgIpc) is 2.99. The van der Waals surface area contributed by atoms with Crippen LogP contribution in [-0.4, -0.2) is 25.7 Å². The molecule has 0 aliphatic carbocycles. The number of anilines is 1. The summed E-state index contributed by atoms with van der Waals surface area (Å²) >= 11 is 0. The van der Waals surface area contributed by atoms with Gasteiger partial charge in [-0.25, -0.2) is 4.39 Å². The highest BCUT2D eigenvalue weighted by molar-refractivity contribution is 5.99. The van der Waals surface area contributed by atoms with Crippen molar-refractivity contribution in [2.75, 3.05) is 25.3 Å². The number of ether oxygens (including phenoxy) is 3. The van der Waals surface area contributed by atoms with E-state index in [1.807, 2.05) is 0 Å². The van der Waals surface area contributed by atoms with Gasteiger partial charge >= 0.3 is 0 Å². The standard InChI is InChI=1S/C17H16FNO4/c1-11(20)17-13(18)3-2-4-14(17)19-7-8-21-12-5-6-15-16(9-12)23-10-22-15/h2-6,9,19H,7-8,10H2,1H3. The smallest absolute Gasteiger partial charge is 0.231 e. The fraction of sp³-hybridized carbons (Fsp3) is 0.235. The molecule has 1 aliphatic rings. The molecule has 0 unspecified atom stereocenters. The summed E-state index contributed by atoms with van der Waals surface area (Å²) in [6.45, 7) is 2.34. The lowest BCUT2D eigenvalue weighted by Gasteiger charge is -2.12. The van der Waals surface area contributed by atoms with Crippen LogP contribution in [0.1, 0.15) is 17.3 Å². The quantitative estimate of drug-likeness (QED) is 0.655. The number of ketones is 1. The van der Waals surface area contributed by atoms with Gasteiger partial charge in [0.1, 0.15) is 18.2 Å². The molecular formula is C17H16FNO4. The van der Waals surface area contributed by atoms with Crippen LogP contribution in [0.25, 0.3) is 0 Å². The number of rotatable bonds is 6. The van der Waals surface area contributed by atoms with Gasteiger partial charge in [-0.1, -0.05) is 6.07 Å². The first-order chi connectivity index (χ1) is 11.1. The normalized spacial score (nSPS) is 12.1. The second kappa shape index (κ2) is 6.56. The number of hydrogen-bond donors (Lipinski definition) is 1. The highest BCUT2D eigenvalue weighted by Gasteiger charge is 2.14. The van der Waals surface area contributed by atoms with E-state index in [1.165, 1.54) is 13.0 Å². The van der Waals surface area contributed by atoms with E-state index in [-0.39, 0.29) is 18.1 Å². The molecule has 23 heavy (non-hydrogen) atoms. The van der Waals surface area contributed by atoms with E-state index in [1.54, 1.807) is 30.3 Å². The Hall–Kier alpha value is -2.76. The summed E-state index contributed by atoms with van der Waals surface area (Å²) in [6.07, 6.45) is 0. The molecule has 0 fully saturated rings. The lowest BCUT2D eigenvalue weighted by Crippen LogP contribution is -2.14. The molecule has 1 heterocycles. The van der Waals surface area contributed by atoms with Gasteiger partial charge in [0.2, 0.25) is 6.79 Å². The number of fused-ring (bicyclic) bond motifs is 1. The van der Waals surface area contributed by atoms with E-state index >= 15 is 0 Å². The molecule has 0 bridgehead atoms. The average molecular weight is 317 g/mol. The van der Waals surface area contributed by atoms with Crippen LogP contribution in [0.15, 0.2) is 36.4 Å². The molecule has 0 amide bonds. The third-order valence-electron chi connectivity index (χ3n) is 3.40. The maximum atomic E-state index is 13.7. The minimum atomic E-state index is -0.529. The molecule has 1 aliphatic heterocycles. The number of benzene rings is 2. The summed E-state index contributed by atoms with van der Waals surface area (Å²) in [5.41, 5.74) is 0.530. The summed E-state index contributed by atoms with van der Waals surface area (Å²) in [4.78, 5) is 11.5. The van der Waals surface area contributed by atoms with Crippen LogP contribution < -0.4 is 19.5 Å². The van der Waals surface area contributed by atoms with Crippen molar-refractivity contribution in [3.05, 3.63) is 47.8 Å². The van der Waals surface area contributed by atoms with Crippen LogP contribution >= 0.6 is 0 Å². The third kappa shape index (κ3) is 3.36. The van der Waals surface area contributed by atoms with Gasteiger partial charge in [0.25, 0.3) is 0 Å². The molecule has 2 aromatic carbocycles. The van der Waals surface area contributed by atoms with Gasteiger partial charge in [-0.15, -0.1) is 0 Å². The fourth-order valence-corrected chi connectivity index (χ4v) is 2.35. The zero-order valence-electron chi connectivity index (χ0n) is 12.6. The zero-order chi connectivity index (χ0) is 16.2. The van der Waals surface area contributed by atoms with E-state index in [0.29, 0.717) is 36.1 Å². The molecule has 0 atom stereocenters. The van der Waals surface area contributed by atoms with E-state index in [0.717, 1.165) is 0 Å². The largest absolute Gasteiger partial charge is 0.492 e. The molecule has 0 radical (unpaired) electrons. The van der Waals surface area contributed by atoms with Gasteiger partial charge in [-0.2, -0.15) is 0 Å². The topological polar surface area (TPSA) is 56.8 Å². The summed E-state index contributed by atoms with van der Waals surface area (Å²) in [5.74, 6) is 1.16. The predicted molar refractivity (Wildman–Crippen MR) is 83.0 cm³/mol. The van der Waals surface area contributed by atoms with Gasteiger partial charge in [0, 0.05) is 18.3 Å². The molecule has 0 saturated heterocycles. The molecule has 120 valence electrons. The second-order valence-corrected chi connectivity index (χ2v) is 5.01. The molecular weight excluding hydrogens is 301 g/mol.